The van der Waals surface area contributed by atoms with Crippen LogP contribution in [0.25, 0.3) is 0 Å². The Hall–Kier alpha value is -1.10. The lowest BCUT2D eigenvalue weighted by Gasteiger charge is -2.19. The van der Waals surface area contributed by atoms with E-state index in [4.69, 9.17) is 17.3 Å². The van der Waals surface area contributed by atoms with Gasteiger partial charge in [-0.05, 0) is 51.8 Å². The van der Waals surface area contributed by atoms with Crippen LogP contribution in [0.2, 0.25) is 5.02 Å². The van der Waals surface area contributed by atoms with Crippen molar-refractivity contribution < 1.29 is 4.39 Å². The molecule has 0 heterocycles. The van der Waals surface area contributed by atoms with E-state index in [2.05, 4.69) is 21.2 Å². The SMILES string of the molecule is NCC(Nc1ccc(Br)c(Cl)c1)c1ccc(F)cc1. The predicted octanol–water partition coefficient (Wildman–Crippen LogP) is 4.35. The standard InChI is InChI=1S/C14H13BrClFN2/c15-12-6-5-11(7-13(12)16)19-14(8-18)9-1-3-10(17)4-2-9/h1-7,14,19H,8,18H2. The molecule has 3 N–H and O–H groups in total. The Balaban J connectivity index is 2.18. The molecule has 0 aliphatic carbocycles. The van der Waals surface area contributed by atoms with Crippen LogP contribution in [-0.2, 0) is 0 Å². The van der Waals surface area contributed by atoms with Gasteiger partial charge in [-0.3, -0.25) is 0 Å². The second kappa shape index (κ2) is 6.37. The summed E-state index contributed by atoms with van der Waals surface area (Å²) in [5.74, 6) is -0.258. The first-order chi connectivity index (χ1) is 9.10. The summed E-state index contributed by atoms with van der Waals surface area (Å²) in [5.41, 5.74) is 7.56. The lowest BCUT2D eigenvalue weighted by Crippen LogP contribution is -2.20. The fraction of sp³-hybridized carbons (Fsp3) is 0.143. The second-order valence-corrected chi connectivity index (χ2v) is 5.37. The minimum absolute atomic E-state index is 0.0853. The van der Waals surface area contributed by atoms with Crippen LogP contribution in [0.4, 0.5) is 10.1 Å². The molecule has 0 aliphatic rings. The van der Waals surface area contributed by atoms with E-state index in [9.17, 15) is 4.39 Å². The fourth-order valence-electron chi connectivity index (χ4n) is 1.76. The Morgan fingerprint density at radius 2 is 1.89 bits per heavy atom. The molecule has 0 amide bonds. The zero-order valence-corrected chi connectivity index (χ0v) is 12.4. The minimum Gasteiger partial charge on any atom is -0.377 e. The Bertz CT molecular complexity index is 560. The summed E-state index contributed by atoms with van der Waals surface area (Å²) in [4.78, 5) is 0. The molecule has 0 aliphatic heterocycles. The van der Waals surface area contributed by atoms with Gasteiger partial charge < -0.3 is 11.1 Å². The van der Waals surface area contributed by atoms with Crippen molar-refractivity contribution in [2.75, 3.05) is 11.9 Å². The van der Waals surface area contributed by atoms with Crippen LogP contribution in [0.3, 0.4) is 0 Å². The Morgan fingerprint density at radius 3 is 2.47 bits per heavy atom. The average Bonchev–Trinajstić information content (AvgIpc) is 2.41. The van der Waals surface area contributed by atoms with E-state index in [0.717, 1.165) is 15.7 Å². The summed E-state index contributed by atoms with van der Waals surface area (Å²) in [6, 6.07) is 11.8. The van der Waals surface area contributed by atoms with Crippen molar-refractivity contribution in [3.63, 3.8) is 0 Å². The molecule has 0 saturated heterocycles. The van der Waals surface area contributed by atoms with Crippen molar-refractivity contribution >= 4 is 33.2 Å². The van der Waals surface area contributed by atoms with Crippen LogP contribution in [-0.4, -0.2) is 6.54 Å². The number of benzene rings is 2. The van der Waals surface area contributed by atoms with Crippen LogP contribution < -0.4 is 11.1 Å². The molecule has 100 valence electrons. The summed E-state index contributed by atoms with van der Waals surface area (Å²) in [5, 5.41) is 3.90. The molecule has 0 saturated carbocycles. The van der Waals surface area contributed by atoms with Crippen molar-refractivity contribution in [3.05, 3.63) is 63.3 Å². The van der Waals surface area contributed by atoms with E-state index < -0.39 is 0 Å². The van der Waals surface area contributed by atoms with E-state index in [1.807, 2.05) is 18.2 Å². The topological polar surface area (TPSA) is 38.0 Å². The zero-order chi connectivity index (χ0) is 13.8. The van der Waals surface area contributed by atoms with E-state index in [-0.39, 0.29) is 11.9 Å². The number of hydrogen-bond acceptors (Lipinski definition) is 2. The van der Waals surface area contributed by atoms with Crippen LogP contribution in [0.15, 0.2) is 46.9 Å². The Labute approximate surface area is 124 Å². The van der Waals surface area contributed by atoms with Crippen molar-refractivity contribution in [1.82, 2.24) is 0 Å². The third-order valence-corrected chi connectivity index (χ3v) is 4.00. The van der Waals surface area contributed by atoms with Crippen LogP contribution in [0.5, 0.6) is 0 Å². The van der Waals surface area contributed by atoms with Gasteiger partial charge in [-0.1, -0.05) is 23.7 Å². The molecule has 0 spiro atoms. The third-order valence-electron chi connectivity index (χ3n) is 2.77. The lowest BCUT2D eigenvalue weighted by molar-refractivity contribution is 0.626. The van der Waals surface area contributed by atoms with Gasteiger partial charge in [0.1, 0.15) is 5.82 Å². The average molecular weight is 344 g/mol. The van der Waals surface area contributed by atoms with Gasteiger partial charge in [0.25, 0.3) is 0 Å². The van der Waals surface area contributed by atoms with Gasteiger partial charge in [-0.2, -0.15) is 0 Å². The minimum atomic E-state index is -0.258. The number of rotatable bonds is 4. The molecule has 0 radical (unpaired) electrons. The lowest BCUT2D eigenvalue weighted by atomic mass is 10.1. The molecule has 1 atom stereocenters. The highest BCUT2D eigenvalue weighted by Gasteiger charge is 2.10. The highest BCUT2D eigenvalue weighted by molar-refractivity contribution is 9.10. The van der Waals surface area contributed by atoms with Crippen molar-refractivity contribution in [2.24, 2.45) is 5.73 Å². The summed E-state index contributed by atoms with van der Waals surface area (Å²) >= 11 is 9.38. The molecular weight excluding hydrogens is 331 g/mol. The molecule has 0 aromatic heterocycles. The van der Waals surface area contributed by atoms with Gasteiger partial charge in [-0.15, -0.1) is 0 Å². The monoisotopic (exact) mass is 342 g/mol. The molecule has 2 rings (SSSR count). The van der Waals surface area contributed by atoms with Gasteiger partial charge in [0.15, 0.2) is 0 Å². The fourth-order valence-corrected chi connectivity index (χ4v) is 2.19. The van der Waals surface area contributed by atoms with Crippen LogP contribution in [0, 0.1) is 5.82 Å². The van der Waals surface area contributed by atoms with Crippen molar-refractivity contribution in [1.29, 1.82) is 0 Å². The normalized spacial score (nSPS) is 12.2. The van der Waals surface area contributed by atoms with Crippen LogP contribution >= 0.6 is 27.5 Å². The van der Waals surface area contributed by atoms with Gasteiger partial charge in [0, 0.05) is 16.7 Å². The number of anilines is 1. The Kier molecular flexibility index (Phi) is 4.80. The summed E-state index contributed by atoms with van der Waals surface area (Å²) in [6.07, 6.45) is 0. The maximum atomic E-state index is 12.9. The summed E-state index contributed by atoms with van der Waals surface area (Å²) in [6.45, 7) is 0.402. The molecule has 2 aromatic rings. The Morgan fingerprint density at radius 1 is 1.21 bits per heavy atom. The highest BCUT2D eigenvalue weighted by atomic mass is 79.9. The molecule has 19 heavy (non-hydrogen) atoms. The third kappa shape index (κ3) is 3.69. The molecule has 1 unspecified atom stereocenters. The maximum absolute atomic E-state index is 12.9. The number of hydrogen-bond donors (Lipinski definition) is 2. The van der Waals surface area contributed by atoms with E-state index in [1.54, 1.807) is 12.1 Å². The molecule has 0 fully saturated rings. The first-order valence-corrected chi connectivity index (χ1v) is 6.94. The van der Waals surface area contributed by atoms with Gasteiger partial charge >= 0.3 is 0 Å². The molecule has 2 nitrogen and oxygen atoms in total. The molecular formula is C14H13BrClFN2. The van der Waals surface area contributed by atoms with E-state index in [0.29, 0.717) is 11.6 Å². The first kappa shape index (κ1) is 14.3. The zero-order valence-electron chi connectivity index (χ0n) is 10.0. The molecule has 0 bridgehead atoms. The number of halogens is 3. The number of nitrogens with two attached hydrogens (primary N) is 1. The van der Waals surface area contributed by atoms with Crippen molar-refractivity contribution in [2.45, 2.75) is 6.04 Å². The summed E-state index contributed by atoms with van der Waals surface area (Å²) in [7, 11) is 0. The van der Waals surface area contributed by atoms with Crippen molar-refractivity contribution in [3.8, 4) is 0 Å². The molecule has 5 heteroatoms. The largest absolute Gasteiger partial charge is 0.377 e. The smallest absolute Gasteiger partial charge is 0.123 e. The second-order valence-electron chi connectivity index (χ2n) is 4.11. The quantitative estimate of drug-likeness (QED) is 0.866. The van der Waals surface area contributed by atoms with Gasteiger partial charge in [0.2, 0.25) is 0 Å². The number of nitrogens with one attached hydrogen (secondary N) is 1. The predicted molar refractivity (Wildman–Crippen MR) is 81.0 cm³/mol. The van der Waals surface area contributed by atoms with Gasteiger partial charge in [-0.25, -0.2) is 4.39 Å². The van der Waals surface area contributed by atoms with E-state index >= 15 is 0 Å². The molecule has 2 aromatic carbocycles. The highest BCUT2D eigenvalue weighted by Crippen LogP contribution is 2.27. The maximum Gasteiger partial charge on any atom is 0.123 e. The summed E-state index contributed by atoms with van der Waals surface area (Å²) < 4.78 is 13.7. The first-order valence-electron chi connectivity index (χ1n) is 5.77. The van der Waals surface area contributed by atoms with Crippen LogP contribution in [0.1, 0.15) is 11.6 Å². The van der Waals surface area contributed by atoms with E-state index in [1.165, 1.54) is 12.1 Å². The van der Waals surface area contributed by atoms with Gasteiger partial charge in [0.05, 0.1) is 11.1 Å².